The Balaban J connectivity index is 1.72. The first-order chi connectivity index (χ1) is 17.7. The Morgan fingerprint density at radius 2 is 1.70 bits per heavy atom. The van der Waals surface area contributed by atoms with Crippen LogP contribution >= 0.6 is 0 Å². The molecule has 0 saturated carbocycles. The van der Waals surface area contributed by atoms with E-state index in [1.165, 1.54) is 24.4 Å². The van der Waals surface area contributed by atoms with Gasteiger partial charge < -0.3 is 14.2 Å². The normalized spacial score (nSPS) is 17.1. The minimum atomic E-state index is -4.64. The van der Waals surface area contributed by atoms with Crippen molar-refractivity contribution in [3.63, 3.8) is 0 Å². The van der Waals surface area contributed by atoms with Crippen molar-refractivity contribution in [3.05, 3.63) is 83.6 Å². The molecule has 37 heavy (non-hydrogen) atoms. The second-order valence-electron chi connectivity index (χ2n) is 8.84. The molecule has 0 fully saturated rings. The van der Waals surface area contributed by atoms with Gasteiger partial charge in [0.2, 0.25) is 5.88 Å². The number of fused-ring (bicyclic) bond motifs is 1. The first-order valence-electron chi connectivity index (χ1n) is 11.9. The molecule has 1 aliphatic heterocycles. The predicted octanol–water partition coefficient (Wildman–Crippen LogP) is 6.36. The molecule has 3 aromatic rings. The van der Waals surface area contributed by atoms with Gasteiger partial charge in [-0.3, -0.25) is 9.79 Å². The number of carbonyl (C=O) groups excluding carboxylic acids is 1. The first kappa shape index (κ1) is 26.2. The molecule has 1 aliphatic rings. The summed E-state index contributed by atoms with van der Waals surface area (Å²) in [4.78, 5) is 22.2. The molecule has 0 amide bonds. The van der Waals surface area contributed by atoms with E-state index in [1.54, 1.807) is 39.0 Å². The number of ether oxygens (including phenoxy) is 3. The Kier molecular flexibility index (Phi) is 7.80. The van der Waals surface area contributed by atoms with Crippen molar-refractivity contribution in [2.45, 2.75) is 39.0 Å². The molecule has 194 valence electrons. The van der Waals surface area contributed by atoms with Gasteiger partial charge in [-0.05, 0) is 50.6 Å². The molecule has 2 atom stereocenters. The summed E-state index contributed by atoms with van der Waals surface area (Å²) >= 11 is 0. The highest BCUT2D eigenvalue weighted by Gasteiger charge is 2.45. The molecule has 6 nitrogen and oxygen atoms in total. The maximum atomic E-state index is 14.1. The van der Waals surface area contributed by atoms with Crippen molar-refractivity contribution < 1.29 is 32.2 Å². The summed E-state index contributed by atoms with van der Waals surface area (Å²) in [7, 11) is 0. The van der Waals surface area contributed by atoms with Crippen LogP contribution in [0.5, 0.6) is 11.6 Å². The van der Waals surface area contributed by atoms with Gasteiger partial charge in [0.15, 0.2) is 0 Å². The first-order valence-corrected chi connectivity index (χ1v) is 11.9. The van der Waals surface area contributed by atoms with E-state index in [1.807, 2.05) is 18.2 Å². The molecule has 0 N–H and O–H groups in total. The van der Waals surface area contributed by atoms with E-state index in [0.717, 1.165) is 6.07 Å². The lowest BCUT2D eigenvalue weighted by Gasteiger charge is -2.33. The predicted molar refractivity (Wildman–Crippen MR) is 132 cm³/mol. The van der Waals surface area contributed by atoms with Gasteiger partial charge in [-0.15, -0.1) is 0 Å². The summed E-state index contributed by atoms with van der Waals surface area (Å²) in [6, 6.07) is 15.8. The standard InChI is InChI=1S/C28H27F3N2O4/c1-17(2)37-26-25-22(13-14-32-26)33-18(3)23(24(25)20-11-7-8-12-21(20)28(29,30)31)27(34)36-16-15-35-19-9-5-4-6-10-19/h4-14,17,23-24H,15-16H2,1-3H3. The fraction of sp³-hybridized carbons (Fsp3) is 0.321. The lowest BCUT2D eigenvalue weighted by atomic mass is 9.74. The molecule has 4 rings (SSSR count). The minimum absolute atomic E-state index is 0.0745. The Hall–Kier alpha value is -3.88. The van der Waals surface area contributed by atoms with Crippen LogP contribution in [-0.2, 0) is 15.7 Å². The zero-order valence-corrected chi connectivity index (χ0v) is 20.7. The van der Waals surface area contributed by atoms with E-state index in [2.05, 4.69) is 9.98 Å². The van der Waals surface area contributed by atoms with E-state index >= 15 is 0 Å². The van der Waals surface area contributed by atoms with Crippen molar-refractivity contribution in [2.75, 3.05) is 13.2 Å². The Morgan fingerprint density at radius 3 is 2.41 bits per heavy atom. The number of pyridine rings is 1. The third-order valence-electron chi connectivity index (χ3n) is 5.86. The number of nitrogens with zero attached hydrogens (tertiary/aromatic N) is 2. The fourth-order valence-corrected chi connectivity index (χ4v) is 4.40. The average Bonchev–Trinajstić information content (AvgIpc) is 2.85. The molecule has 2 unspecified atom stereocenters. The topological polar surface area (TPSA) is 70.0 Å². The third kappa shape index (κ3) is 5.93. The highest BCUT2D eigenvalue weighted by Crippen LogP contribution is 2.49. The van der Waals surface area contributed by atoms with Crippen LogP contribution in [0.4, 0.5) is 18.9 Å². The Bertz CT molecular complexity index is 1280. The number of benzene rings is 2. The summed E-state index contributed by atoms with van der Waals surface area (Å²) in [6.45, 7) is 5.19. The molecule has 0 bridgehead atoms. The zero-order valence-electron chi connectivity index (χ0n) is 20.7. The molecule has 9 heteroatoms. The number of esters is 1. The van der Waals surface area contributed by atoms with E-state index in [0.29, 0.717) is 22.7 Å². The summed E-state index contributed by atoms with van der Waals surface area (Å²) in [5.74, 6) is -2.15. The van der Waals surface area contributed by atoms with Crippen LogP contribution in [0, 0.1) is 5.92 Å². The number of para-hydroxylation sites is 1. The number of carbonyl (C=O) groups is 1. The van der Waals surface area contributed by atoms with Gasteiger partial charge in [-0.25, -0.2) is 4.98 Å². The van der Waals surface area contributed by atoms with Crippen molar-refractivity contribution in [3.8, 4) is 11.6 Å². The number of halogens is 3. The summed E-state index contributed by atoms with van der Waals surface area (Å²) < 4.78 is 59.3. The second-order valence-corrected chi connectivity index (χ2v) is 8.84. The third-order valence-corrected chi connectivity index (χ3v) is 5.86. The highest BCUT2D eigenvalue weighted by molar-refractivity contribution is 6.05. The molecule has 0 radical (unpaired) electrons. The highest BCUT2D eigenvalue weighted by atomic mass is 19.4. The molecular weight excluding hydrogens is 485 g/mol. The van der Waals surface area contributed by atoms with Crippen molar-refractivity contribution >= 4 is 17.4 Å². The average molecular weight is 513 g/mol. The van der Waals surface area contributed by atoms with Crippen LogP contribution < -0.4 is 9.47 Å². The van der Waals surface area contributed by atoms with Crippen LogP contribution in [-0.4, -0.2) is 36.0 Å². The van der Waals surface area contributed by atoms with Crippen molar-refractivity contribution in [1.82, 2.24) is 4.98 Å². The van der Waals surface area contributed by atoms with E-state index in [9.17, 15) is 18.0 Å². The zero-order chi connectivity index (χ0) is 26.6. The number of hydrogen-bond acceptors (Lipinski definition) is 6. The monoisotopic (exact) mass is 512 g/mol. The molecule has 2 heterocycles. The number of alkyl halides is 3. The SMILES string of the molecule is CC1=Nc2ccnc(OC(C)C)c2C(c2ccccc2C(F)(F)F)C1C(=O)OCCOc1ccccc1. The van der Waals surface area contributed by atoms with Gasteiger partial charge in [0, 0.05) is 23.4 Å². The maximum absolute atomic E-state index is 14.1. The lowest BCUT2D eigenvalue weighted by Crippen LogP contribution is -2.35. The van der Waals surface area contributed by atoms with Crippen LogP contribution in [0.2, 0.25) is 0 Å². The summed E-state index contributed by atoms with van der Waals surface area (Å²) in [6.07, 6.45) is -3.46. The van der Waals surface area contributed by atoms with Crippen LogP contribution in [0.25, 0.3) is 0 Å². The minimum Gasteiger partial charge on any atom is -0.490 e. The second kappa shape index (κ2) is 11.0. The van der Waals surface area contributed by atoms with E-state index < -0.39 is 29.5 Å². The van der Waals surface area contributed by atoms with Crippen molar-refractivity contribution in [2.24, 2.45) is 10.9 Å². The Labute approximate surface area is 213 Å². The van der Waals surface area contributed by atoms with Gasteiger partial charge in [0.1, 0.15) is 24.9 Å². The summed E-state index contributed by atoms with van der Waals surface area (Å²) in [5, 5.41) is 0. The van der Waals surface area contributed by atoms with Crippen LogP contribution in [0.15, 0.2) is 71.9 Å². The molecule has 2 aromatic carbocycles. The molecule has 0 saturated heterocycles. The van der Waals surface area contributed by atoms with Gasteiger partial charge in [-0.2, -0.15) is 13.2 Å². The van der Waals surface area contributed by atoms with Gasteiger partial charge in [-0.1, -0.05) is 36.4 Å². The lowest BCUT2D eigenvalue weighted by molar-refractivity contribution is -0.148. The van der Waals surface area contributed by atoms with E-state index in [4.69, 9.17) is 14.2 Å². The number of hydrogen-bond donors (Lipinski definition) is 0. The van der Waals surface area contributed by atoms with Gasteiger partial charge >= 0.3 is 12.1 Å². The fourth-order valence-electron chi connectivity index (χ4n) is 4.40. The largest absolute Gasteiger partial charge is 0.490 e. The Morgan fingerprint density at radius 1 is 1.00 bits per heavy atom. The number of rotatable bonds is 8. The quantitative estimate of drug-likeness (QED) is 0.259. The maximum Gasteiger partial charge on any atom is 0.416 e. The molecule has 0 spiro atoms. The van der Waals surface area contributed by atoms with Gasteiger partial charge in [0.05, 0.1) is 17.4 Å². The van der Waals surface area contributed by atoms with Crippen molar-refractivity contribution in [1.29, 1.82) is 0 Å². The number of aromatic nitrogens is 1. The molecule has 0 aliphatic carbocycles. The smallest absolute Gasteiger partial charge is 0.416 e. The van der Waals surface area contributed by atoms with E-state index in [-0.39, 0.29) is 30.8 Å². The van der Waals surface area contributed by atoms with Crippen LogP contribution in [0.3, 0.4) is 0 Å². The molecular formula is C28H27F3N2O4. The van der Waals surface area contributed by atoms with Gasteiger partial charge in [0.25, 0.3) is 0 Å². The number of aliphatic imine (C=N–C) groups is 1. The summed E-state index contributed by atoms with van der Waals surface area (Å²) in [5.41, 5.74) is 0.146. The molecule has 1 aromatic heterocycles. The van der Waals surface area contributed by atoms with Crippen LogP contribution in [0.1, 0.15) is 43.4 Å².